The van der Waals surface area contributed by atoms with E-state index in [9.17, 15) is 13.2 Å². The summed E-state index contributed by atoms with van der Waals surface area (Å²) >= 11 is 6.15. The number of halogens is 1. The van der Waals surface area contributed by atoms with Gasteiger partial charge in [-0.05, 0) is 55.7 Å². The molecule has 0 bridgehead atoms. The molecule has 0 unspecified atom stereocenters. The normalized spacial score (nSPS) is 14.8. The predicted molar refractivity (Wildman–Crippen MR) is 114 cm³/mol. The standard InChI is InChI=1S/C20H24ClN3O4S/c1-23(28-2)29(26,27)17-8-6-7-15(13-17)20(25)22-18-14-16(21)9-10-19(18)24-11-4-3-5-12-24/h6-10,13-14H,3-5,11-12H2,1-2H3,(H,22,25). The first-order valence-electron chi connectivity index (χ1n) is 9.32. The van der Waals surface area contributed by atoms with Crippen molar-refractivity contribution in [1.82, 2.24) is 4.47 Å². The lowest BCUT2D eigenvalue weighted by Crippen LogP contribution is -2.30. The molecule has 1 N–H and O–H groups in total. The molecule has 0 aliphatic carbocycles. The first kappa shape index (κ1) is 21.6. The molecule has 0 aromatic heterocycles. The van der Waals surface area contributed by atoms with Crippen molar-refractivity contribution >= 4 is 38.9 Å². The molecule has 3 rings (SSSR count). The summed E-state index contributed by atoms with van der Waals surface area (Å²) in [5.74, 6) is -0.414. The number of nitrogens with zero attached hydrogens (tertiary/aromatic N) is 2. The van der Waals surface area contributed by atoms with Gasteiger partial charge in [0.1, 0.15) is 0 Å². The Morgan fingerprint density at radius 3 is 2.55 bits per heavy atom. The number of nitrogens with one attached hydrogen (secondary N) is 1. The quantitative estimate of drug-likeness (QED) is 0.696. The average molecular weight is 438 g/mol. The predicted octanol–water partition coefficient (Wildman–Crippen LogP) is 3.76. The van der Waals surface area contributed by atoms with Crippen LogP contribution in [-0.4, -0.2) is 46.0 Å². The summed E-state index contributed by atoms with van der Waals surface area (Å²) in [4.78, 5) is 19.8. The number of anilines is 2. The van der Waals surface area contributed by atoms with Crippen LogP contribution < -0.4 is 10.2 Å². The van der Waals surface area contributed by atoms with Crippen molar-refractivity contribution in [2.45, 2.75) is 24.2 Å². The van der Waals surface area contributed by atoms with Crippen molar-refractivity contribution in [2.24, 2.45) is 0 Å². The smallest absolute Gasteiger partial charge is 0.264 e. The van der Waals surface area contributed by atoms with E-state index in [0.29, 0.717) is 10.7 Å². The molecule has 29 heavy (non-hydrogen) atoms. The molecule has 2 aromatic carbocycles. The Kier molecular flexibility index (Phi) is 6.79. The van der Waals surface area contributed by atoms with E-state index in [0.717, 1.165) is 36.1 Å². The van der Waals surface area contributed by atoms with Gasteiger partial charge in [-0.3, -0.25) is 9.63 Å². The third-order valence-electron chi connectivity index (χ3n) is 4.89. The third kappa shape index (κ3) is 4.90. The largest absolute Gasteiger partial charge is 0.370 e. The molecule has 1 aliphatic heterocycles. The number of piperidine rings is 1. The Morgan fingerprint density at radius 2 is 1.86 bits per heavy atom. The van der Waals surface area contributed by atoms with Gasteiger partial charge < -0.3 is 10.2 Å². The minimum Gasteiger partial charge on any atom is -0.370 e. The monoisotopic (exact) mass is 437 g/mol. The highest BCUT2D eigenvalue weighted by atomic mass is 35.5. The van der Waals surface area contributed by atoms with E-state index < -0.39 is 15.9 Å². The van der Waals surface area contributed by atoms with E-state index in [2.05, 4.69) is 10.2 Å². The van der Waals surface area contributed by atoms with Crippen LogP contribution in [0.25, 0.3) is 0 Å². The van der Waals surface area contributed by atoms with Gasteiger partial charge in [0.15, 0.2) is 0 Å². The summed E-state index contributed by atoms with van der Waals surface area (Å²) in [6, 6.07) is 11.2. The van der Waals surface area contributed by atoms with Crippen LogP contribution in [0.2, 0.25) is 5.02 Å². The second kappa shape index (κ2) is 9.13. The van der Waals surface area contributed by atoms with Crippen molar-refractivity contribution in [3.8, 4) is 0 Å². The third-order valence-corrected chi connectivity index (χ3v) is 6.80. The molecule has 0 saturated carbocycles. The number of hydrogen-bond donors (Lipinski definition) is 1. The summed E-state index contributed by atoms with van der Waals surface area (Å²) in [6.07, 6.45) is 3.40. The molecule has 0 spiro atoms. The number of hydrogen-bond acceptors (Lipinski definition) is 5. The van der Waals surface area contributed by atoms with E-state index in [4.69, 9.17) is 16.4 Å². The topological polar surface area (TPSA) is 78.9 Å². The zero-order chi connectivity index (χ0) is 21.0. The van der Waals surface area contributed by atoms with Crippen LogP contribution in [0.1, 0.15) is 29.6 Å². The average Bonchev–Trinajstić information content (AvgIpc) is 2.74. The van der Waals surface area contributed by atoms with E-state index in [1.54, 1.807) is 18.2 Å². The number of benzene rings is 2. The Morgan fingerprint density at radius 1 is 1.14 bits per heavy atom. The lowest BCUT2D eigenvalue weighted by atomic mass is 10.1. The zero-order valence-corrected chi connectivity index (χ0v) is 18.0. The molecule has 0 atom stereocenters. The molecule has 2 aromatic rings. The minimum atomic E-state index is -3.85. The summed E-state index contributed by atoms with van der Waals surface area (Å²) in [7, 11) is -1.30. The highest BCUT2D eigenvalue weighted by Crippen LogP contribution is 2.31. The van der Waals surface area contributed by atoms with Gasteiger partial charge >= 0.3 is 0 Å². The molecule has 156 valence electrons. The molecule has 9 heteroatoms. The number of sulfonamides is 1. The summed E-state index contributed by atoms with van der Waals surface area (Å²) < 4.78 is 25.6. The molecular weight excluding hydrogens is 414 g/mol. The van der Waals surface area contributed by atoms with Gasteiger partial charge in [-0.25, -0.2) is 8.42 Å². The van der Waals surface area contributed by atoms with Crippen LogP contribution >= 0.6 is 11.6 Å². The number of hydroxylamine groups is 1. The van der Waals surface area contributed by atoms with Gasteiger partial charge in [0.25, 0.3) is 15.9 Å². The zero-order valence-electron chi connectivity index (χ0n) is 16.4. The van der Waals surface area contributed by atoms with Gasteiger partial charge in [-0.2, -0.15) is 0 Å². The van der Waals surface area contributed by atoms with Crippen LogP contribution in [-0.2, 0) is 14.9 Å². The maximum absolute atomic E-state index is 12.9. The van der Waals surface area contributed by atoms with E-state index in [1.807, 2.05) is 6.07 Å². The number of carbonyl (C=O) groups is 1. The number of carbonyl (C=O) groups excluding carboxylic acids is 1. The van der Waals surface area contributed by atoms with Gasteiger partial charge in [-0.1, -0.05) is 22.1 Å². The number of amides is 1. The highest BCUT2D eigenvalue weighted by Gasteiger charge is 2.22. The Hall–Kier alpha value is -2.13. The highest BCUT2D eigenvalue weighted by molar-refractivity contribution is 7.89. The number of rotatable bonds is 6. The Balaban J connectivity index is 1.88. The van der Waals surface area contributed by atoms with Crippen LogP contribution in [0.5, 0.6) is 0 Å². The lowest BCUT2D eigenvalue weighted by molar-refractivity contribution is -0.0258. The van der Waals surface area contributed by atoms with Gasteiger partial charge in [-0.15, -0.1) is 0 Å². The van der Waals surface area contributed by atoms with Crippen LogP contribution in [0.4, 0.5) is 11.4 Å². The first-order valence-corrected chi connectivity index (χ1v) is 11.1. The van der Waals surface area contributed by atoms with E-state index in [-0.39, 0.29) is 10.5 Å². The van der Waals surface area contributed by atoms with Crippen molar-refractivity contribution in [3.05, 3.63) is 53.1 Å². The Bertz CT molecular complexity index is 991. The van der Waals surface area contributed by atoms with Crippen molar-refractivity contribution in [2.75, 3.05) is 37.5 Å². The van der Waals surface area contributed by atoms with Gasteiger partial charge in [0.2, 0.25) is 0 Å². The first-order chi connectivity index (χ1) is 13.8. The second-order valence-electron chi connectivity index (χ2n) is 6.79. The molecule has 1 amide bonds. The molecule has 0 radical (unpaired) electrons. The maximum atomic E-state index is 12.9. The molecule has 1 fully saturated rings. The fourth-order valence-corrected chi connectivity index (χ4v) is 4.45. The van der Waals surface area contributed by atoms with Crippen molar-refractivity contribution in [3.63, 3.8) is 0 Å². The fourth-order valence-electron chi connectivity index (χ4n) is 3.26. The SMILES string of the molecule is CON(C)S(=O)(=O)c1cccc(C(=O)Nc2cc(Cl)ccc2N2CCCCC2)c1. The second-order valence-corrected chi connectivity index (χ2v) is 9.16. The molecular formula is C20H24ClN3O4S. The van der Waals surface area contributed by atoms with E-state index in [1.165, 1.54) is 38.8 Å². The van der Waals surface area contributed by atoms with Crippen LogP contribution in [0.3, 0.4) is 0 Å². The van der Waals surface area contributed by atoms with E-state index >= 15 is 0 Å². The summed E-state index contributed by atoms with van der Waals surface area (Å²) in [5.41, 5.74) is 1.73. The summed E-state index contributed by atoms with van der Waals surface area (Å²) in [6.45, 7) is 1.84. The van der Waals surface area contributed by atoms with Gasteiger partial charge in [0, 0.05) is 30.7 Å². The Labute approximate surface area is 176 Å². The molecule has 1 saturated heterocycles. The van der Waals surface area contributed by atoms with Crippen molar-refractivity contribution < 1.29 is 18.0 Å². The fraction of sp³-hybridized carbons (Fsp3) is 0.350. The van der Waals surface area contributed by atoms with Crippen LogP contribution in [0, 0.1) is 0 Å². The van der Waals surface area contributed by atoms with Gasteiger partial charge in [0.05, 0.1) is 23.4 Å². The van der Waals surface area contributed by atoms with Crippen LogP contribution in [0.15, 0.2) is 47.4 Å². The minimum absolute atomic E-state index is 0.0307. The maximum Gasteiger partial charge on any atom is 0.264 e. The lowest BCUT2D eigenvalue weighted by Gasteiger charge is -2.30. The molecule has 1 heterocycles. The van der Waals surface area contributed by atoms with Crippen molar-refractivity contribution in [1.29, 1.82) is 0 Å². The molecule has 7 nitrogen and oxygen atoms in total. The summed E-state index contributed by atoms with van der Waals surface area (Å²) in [5, 5.41) is 3.40. The molecule has 1 aliphatic rings.